The van der Waals surface area contributed by atoms with Crippen LogP contribution in [0.3, 0.4) is 0 Å². The third kappa shape index (κ3) is 13.5. The number of aliphatic carboxylic acids is 2. The Bertz CT molecular complexity index is 892. The lowest BCUT2D eigenvalue weighted by atomic mass is 9.73. The Morgan fingerprint density at radius 1 is 0.878 bits per heavy atom. The molecule has 1 aromatic carbocycles. The molecule has 2 saturated heterocycles. The number of ether oxygens (including phenoxy) is 1. The first-order chi connectivity index (χ1) is 19.7. The van der Waals surface area contributed by atoms with E-state index in [1.165, 1.54) is 18.4 Å². The topological polar surface area (TPSA) is 101 Å². The number of carbonyl (C=O) groups excluding carboxylic acids is 1. The van der Waals surface area contributed by atoms with Gasteiger partial charge in [0.15, 0.2) is 0 Å². The lowest BCUT2D eigenvalue weighted by Crippen LogP contribution is -2.34. The summed E-state index contributed by atoms with van der Waals surface area (Å²) in [6.07, 6.45) is 9.50. The zero-order valence-electron chi connectivity index (χ0n) is 24.2. The molecule has 0 radical (unpaired) electrons. The second-order valence-electron chi connectivity index (χ2n) is 11.8. The van der Waals surface area contributed by atoms with Gasteiger partial charge in [-0.1, -0.05) is 93.3 Å². The van der Waals surface area contributed by atoms with E-state index in [4.69, 9.17) is 4.74 Å². The van der Waals surface area contributed by atoms with Gasteiger partial charge in [0.25, 0.3) is 0 Å². The van der Waals surface area contributed by atoms with Crippen LogP contribution < -0.4 is 0 Å². The Morgan fingerprint density at radius 3 is 1.88 bits per heavy atom. The summed E-state index contributed by atoms with van der Waals surface area (Å²) >= 11 is 0. The van der Waals surface area contributed by atoms with Gasteiger partial charge in [0, 0.05) is 33.8 Å². The first-order valence-corrected chi connectivity index (χ1v) is 19.7. The van der Waals surface area contributed by atoms with E-state index in [-0.39, 0.29) is 19.0 Å². The van der Waals surface area contributed by atoms with Crippen LogP contribution in [0.4, 0.5) is 0 Å². The molecule has 1 aromatic rings. The van der Waals surface area contributed by atoms with Crippen LogP contribution in [0.25, 0.3) is 0 Å². The van der Waals surface area contributed by atoms with Gasteiger partial charge >= 0.3 is 17.9 Å². The van der Waals surface area contributed by atoms with E-state index in [1.807, 2.05) is 80.4 Å². The van der Waals surface area contributed by atoms with Gasteiger partial charge < -0.3 is 14.9 Å². The third-order valence-corrected chi connectivity index (χ3v) is 14.1. The molecule has 0 bridgehead atoms. The van der Waals surface area contributed by atoms with E-state index in [0.717, 1.165) is 43.6 Å². The molecule has 2 aliphatic rings. The Hall–Kier alpha value is -0.970. The number of hydrogen-bond acceptors (Lipinski definition) is 8. The molecule has 41 heavy (non-hydrogen) atoms. The first-order valence-electron chi connectivity index (χ1n) is 15.0. The number of aryl methyl sites for hydroxylation is 1. The third-order valence-electron chi connectivity index (χ3n) is 8.06. The van der Waals surface area contributed by atoms with Crippen molar-refractivity contribution in [2.75, 3.05) is 18.1 Å². The zero-order chi connectivity index (χ0) is 29.5. The summed E-state index contributed by atoms with van der Waals surface area (Å²) in [6.45, 7) is 1.97. The minimum absolute atomic E-state index is 0.0506. The van der Waals surface area contributed by atoms with E-state index in [9.17, 15) is 24.6 Å². The van der Waals surface area contributed by atoms with Gasteiger partial charge in [-0.25, -0.2) is 0 Å². The Labute approximate surface area is 261 Å². The summed E-state index contributed by atoms with van der Waals surface area (Å²) in [4.78, 5) is 37.3. The highest BCUT2D eigenvalue weighted by Gasteiger charge is 2.37. The van der Waals surface area contributed by atoms with Crippen LogP contribution in [-0.2, 0) is 25.5 Å². The fourth-order valence-corrected chi connectivity index (χ4v) is 11.8. The predicted octanol–water partition coefficient (Wildman–Crippen LogP) is 8.39. The summed E-state index contributed by atoms with van der Waals surface area (Å²) in [7, 11) is 7.58. The molecule has 0 aromatic heterocycles. The Balaban J connectivity index is 1.59. The van der Waals surface area contributed by atoms with Crippen LogP contribution in [-0.4, -0.2) is 56.7 Å². The average Bonchev–Trinajstić information content (AvgIpc) is 3.66. The molecule has 2 aliphatic heterocycles. The molecule has 230 valence electrons. The molecule has 2 N–H and O–H groups in total. The number of benzene rings is 1. The van der Waals surface area contributed by atoms with E-state index in [2.05, 4.69) is 0 Å². The fourth-order valence-electron chi connectivity index (χ4n) is 5.74. The average molecular weight is 643 g/mol. The van der Waals surface area contributed by atoms with Crippen molar-refractivity contribution >= 4 is 61.1 Å². The zero-order valence-corrected chi connectivity index (χ0v) is 27.4. The monoisotopic (exact) mass is 642 g/mol. The number of carbonyl (C=O) groups is 3. The standard InChI is InChI=1S/C31H46O6S4/c1-31(20-24(29(33)34)11-6-13-26-16-18-38-40-26,21-25(30(35)36)12-7-14-27-17-19-39-41-27)22-37-28(32)15-5-10-23-8-3-2-4-9-23/h2-4,8-9,24-27H,5-7,10-22H2,1H3,(H,33,34)(H,35,36). The summed E-state index contributed by atoms with van der Waals surface area (Å²) < 4.78 is 5.74. The van der Waals surface area contributed by atoms with Crippen molar-refractivity contribution in [2.24, 2.45) is 17.3 Å². The number of esters is 1. The number of hydrogen-bond donors (Lipinski definition) is 2. The normalized spacial score (nSPS) is 21.7. The largest absolute Gasteiger partial charge is 0.481 e. The summed E-state index contributed by atoms with van der Waals surface area (Å²) in [5.74, 6) is -0.863. The van der Waals surface area contributed by atoms with E-state index in [0.29, 0.717) is 42.6 Å². The van der Waals surface area contributed by atoms with Gasteiger partial charge in [-0.15, -0.1) is 0 Å². The Morgan fingerprint density at radius 2 is 1.41 bits per heavy atom. The maximum Gasteiger partial charge on any atom is 0.306 e. The van der Waals surface area contributed by atoms with Crippen LogP contribution in [0.15, 0.2) is 30.3 Å². The molecule has 0 amide bonds. The molecule has 3 rings (SSSR count). The fraction of sp³-hybridized carbons (Fsp3) is 0.710. The smallest absolute Gasteiger partial charge is 0.306 e. The van der Waals surface area contributed by atoms with E-state index >= 15 is 0 Å². The van der Waals surface area contributed by atoms with Crippen molar-refractivity contribution in [2.45, 2.75) is 101 Å². The molecule has 2 fully saturated rings. The Kier molecular flexibility index (Phi) is 15.7. The molecular weight excluding hydrogens is 597 g/mol. The molecular formula is C31H46O6S4. The highest BCUT2D eigenvalue weighted by atomic mass is 33.1. The van der Waals surface area contributed by atoms with E-state index in [1.54, 1.807) is 0 Å². The van der Waals surface area contributed by atoms with Crippen molar-refractivity contribution in [1.29, 1.82) is 0 Å². The van der Waals surface area contributed by atoms with Crippen LogP contribution in [0.5, 0.6) is 0 Å². The molecule has 0 aliphatic carbocycles. The van der Waals surface area contributed by atoms with Crippen LogP contribution in [0.2, 0.25) is 0 Å². The van der Waals surface area contributed by atoms with E-state index < -0.39 is 29.2 Å². The molecule has 4 unspecified atom stereocenters. The predicted molar refractivity (Wildman–Crippen MR) is 175 cm³/mol. The molecule has 6 nitrogen and oxygen atoms in total. The van der Waals surface area contributed by atoms with Crippen LogP contribution in [0.1, 0.15) is 89.5 Å². The minimum Gasteiger partial charge on any atom is -0.481 e. The van der Waals surface area contributed by atoms with Gasteiger partial charge in [-0.05, 0) is 69.8 Å². The van der Waals surface area contributed by atoms with Crippen molar-refractivity contribution in [3.63, 3.8) is 0 Å². The SMILES string of the molecule is CC(COC(=O)CCCc1ccccc1)(CC(CCCC1CCSS1)C(=O)O)CC(CCCC1CCSS1)C(=O)O. The number of carboxylic acids is 2. The van der Waals surface area contributed by atoms with Gasteiger partial charge in [0.2, 0.25) is 0 Å². The van der Waals surface area contributed by atoms with Crippen molar-refractivity contribution in [3.05, 3.63) is 35.9 Å². The molecule has 0 spiro atoms. The molecule has 0 saturated carbocycles. The van der Waals surface area contributed by atoms with Crippen molar-refractivity contribution in [3.8, 4) is 0 Å². The number of carboxylic acid groups (broad SMARTS) is 2. The van der Waals surface area contributed by atoms with Gasteiger partial charge in [0.05, 0.1) is 18.4 Å². The van der Waals surface area contributed by atoms with Crippen molar-refractivity contribution < 1.29 is 29.3 Å². The maximum absolute atomic E-state index is 12.7. The first kappa shape index (κ1) is 34.5. The van der Waals surface area contributed by atoms with Gasteiger partial charge in [-0.3, -0.25) is 14.4 Å². The molecule has 4 atom stereocenters. The number of rotatable bonds is 20. The highest BCUT2D eigenvalue weighted by Crippen LogP contribution is 2.42. The van der Waals surface area contributed by atoms with Gasteiger partial charge in [0.1, 0.15) is 0 Å². The summed E-state index contributed by atoms with van der Waals surface area (Å²) in [5.41, 5.74) is 0.444. The second-order valence-corrected chi connectivity index (χ2v) is 17.4. The van der Waals surface area contributed by atoms with Crippen molar-refractivity contribution in [1.82, 2.24) is 0 Å². The van der Waals surface area contributed by atoms with Gasteiger partial charge in [-0.2, -0.15) is 0 Å². The summed E-state index contributed by atoms with van der Waals surface area (Å²) in [5, 5.41) is 21.4. The lowest BCUT2D eigenvalue weighted by Gasteiger charge is -2.34. The molecule has 2 heterocycles. The van der Waals surface area contributed by atoms with Crippen LogP contribution >= 0.6 is 43.2 Å². The minimum atomic E-state index is -0.846. The highest BCUT2D eigenvalue weighted by molar-refractivity contribution is 8.77. The molecule has 10 heteroatoms. The summed E-state index contributed by atoms with van der Waals surface area (Å²) in [6, 6.07) is 10.00. The maximum atomic E-state index is 12.7. The quantitative estimate of drug-likeness (QED) is 0.107. The second kappa shape index (κ2) is 18.6. The van der Waals surface area contributed by atoms with Crippen LogP contribution in [0, 0.1) is 17.3 Å². The lowest BCUT2D eigenvalue weighted by molar-refractivity contribution is -0.150.